The van der Waals surface area contributed by atoms with E-state index in [1.807, 2.05) is 0 Å². The third-order valence-electron chi connectivity index (χ3n) is 2.73. The molecule has 0 aromatic carbocycles. The minimum absolute atomic E-state index is 0.158. The summed E-state index contributed by atoms with van der Waals surface area (Å²) < 4.78 is 0. The lowest BCUT2D eigenvalue weighted by molar-refractivity contribution is 0.0694. The van der Waals surface area contributed by atoms with Crippen molar-refractivity contribution >= 4 is 5.97 Å². The molecule has 1 aliphatic carbocycles. The van der Waals surface area contributed by atoms with E-state index in [9.17, 15) is 9.59 Å². The first-order chi connectivity index (χ1) is 6.68. The summed E-state index contributed by atoms with van der Waals surface area (Å²) >= 11 is 0. The molecule has 1 aromatic heterocycles. The van der Waals surface area contributed by atoms with E-state index in [0.29, 0.717) is 5.92 Å². The zero-order valence-electron chi connectivity index (χ0n) is 7.62. The van der Waals surface area contributed by atoms with Crippen LogP contribution in [0.5, 0.6) is 0 Å². The van der Waals surface area contributed by atoms with Gasteiger partial charge >= 0.3 is 5.97 Å². The van der Waals surface area contributed by atoms with E-state index < -0.39 is 11.5 Å². The molecule has 2 rings (SSSR count). The first-order valence-corrected chi connectivity index (χ1v) is 4.64. The highest BCUT2D eigenvalue weighted by Gasteiger charge is 2.21. The van der Waals surface area contributed by atoms with E-state index in [2.05, 4.69) is 4.98 Å². The normalized spacial score (nSPS) is 16.3. The van der Waals surface area contributed by atoms with Gasteiger partial charge in [0.15, 0.2) is 0 Å². The second-order valence-corrected chi connectivity index (χ2v) is 3.61. The maximum absolute atomic E-state index is 11.1. The van der Waals surface area contributed by atoms with Crippen LogP contribution in [-0.2, 0) is 0 Å². The van der Waals surface area contributed by atoms with Crippen LogP contribution in [0.15, 0.2) is 17.1 Å². The lowest BCUT2D eigenvalue weighted by Crippen LogP contribution is -2.19. The number of carbonyl (C=O) groups is 1. The highest BCUT2D eigenvalue weighted by atomic mass is 16.4. The zero-order valence-corrected chi connectivity index (χ0v) is 7.62. The average molecular weight is 193 g/mol. The van der Waals surface area contributed by atoms with E-state index >= 15 is 0 Å². The van der Waals surface area contributed by atoms with Crippen LogP contribution < -0.4 is 5.56 Å². The number of aromatic carboxylic acids is 1. The molecule has 1 heterocycles. The molecule has 4 heteroatoms. The highest BCUT2D eigenvalue weighted by Crippen LogP contribution is 2.35. The summed E-state index contributed by atoms with van der Waals surface area (Å²) in [7, 11) is 0. The van der Waals surface area contributed by atoms with Gasteiger partial charge in [0.1, 0.15) is 5.56 Å². The Labute approximate surface area is 80.6 Å². The van der Waals surface area contributed by atoms with E-state index in [0.717, 1.165) is 18.4 Å². The molecular weight excluding hydrogens is 182 g/mol. The van der Waals surface area contributed by atoms with Gasteiger partial charge in [-0.1, -0.05) is 6.42 Å². The molecule has 0 radical (unpaired) electrons. The van der Waals surface area contributed by atoms with Crippen molar-refractivity contribution in [2.24, 2.45) is 0 Å². The van der Waals surface area contributed by atoms with Gasteiger partial charge in [-0.05, 0) is 30.4 Å². The Morgan fingerprint density at radius 3 is 2.71 bits per heavy atom. The largest absolute Gasteiger partial charge is 0.477 e. The maximum atomic E-state index is 11.1. The molecule has 0 spiro atoms. The Hall–Kier alpha value is -1.58. The van der Waals surface area contributed by atoms with Gasteiger partial charge in [0, 0.05) is 6.20 Å². The first-order valence-electron chi connectivity index (χ1n) is 4.64. The summed E-state index contributed by atoms with van der Waals surface area (Å²) in [5.74, 6) is -0.725. The van der Waals surface area contributed by atoms with Crippen LogP contribution in [0.3, 0.4) is 0 Å². The second-order valence-electron chi connectivity index (χ2n) is 3.61. The molecular formula is C10H11NO3. The number of carboxylic acid groups (broad SMARTS) is 1. The predicted octanol–water partition coefficient (Wildman–Crippen LogP) is 1.34. The van der Waals surface area contributed by atoms with Crippen molar-refractivity contribution in [2.45, 2.75) is 25.2 Å². The van der Waals surface area contributed by atoms with Gasteiger partial charge in [0.25, 0.3) is 5.56 Å². The zero-order chi connectivity index (χ0) is 10.1. The van der Waals surface area contributed by atoms with E-state index in [4.69, 9.17) is 5.11 Å². The van der Waals surface area contributed by atoms with Crippen LogP contribution in [0.2, 0.25) is 0 Å². The molecule has 1 aromatic rings. The molecule has 1 saturated carbocycles. The Morgan fingerprint density at radius 1 is 1.50 bits per heavy atom. The summed E-state index contributed by atoms with van der Waals surface area (Å²) in [6.45, 7) is 0. The lowest BCUT2D eigenvalue weighted by Gasteiger charge is -2.25. The Bertz CT molecular complexity index is 418. The maximum Gasteiger partial charge on any atom is 0.341 e. The molecule has 4 nitrogen and oxygen atoms in total. The number of nitrogens with one attached hydrogen (secondary N) is 1. The van der Waals surface area contributed by atoms with Gasteiger partial charge in [0.2, 0.25) is 0 Å². The number of rotatable bonds is 2. The summed E-state index contributed by atoms with van der Waals surface area (Å²) in [6, 6.07) is 1.49. The summed E-state index contributed by atoms with van der Waals surface area (Å²) in [5.41, 5.74) is 0.253. The van der Waals surface area contributed by atoms with Crippen LogP contribution in [0.25, 0.3) is 0 Å². The minimum Gasteiger partial charge on any atom is -0.477 e. The molecule has 1 fully saturated rings. The number of pyridine rings is 1. The monoisotopic (exact) mass is 193 g/mol. The fraction of sp³-hybridized carbons (Fsp3) is 0.400. The SMILES string of the molecule is O=C(O)c1cc(C2CCC2)c[nH]c1=O. The van der Waals surface area contributed by atoms with Crippen molar-refractivity contribution in [1.82, 2.24) is 4.98 Å². The molecule has 0 unspecified atom stereocenters. The number of hydrogen-bond donors (Lipinski definition) is 2. The molecule has 74 valence electrons. The molecule has 14 heavy (non-hydrogen) atoms. The van der Waals surface area contributed by atoms with Gasteiger partial charge in [-0.3, -0.25) is 4.79 Å². The van der Waals surface area contributed by atoms with E-state index in [1.54, 1.807) is 6.20 Å². The number of H-pyrrole nitrogens is 1. The molecule has 1 aliphatic rings. The van der Waals surface area contributed by atoms with Crippen molar-refractivity contribution in [3.05, 3.63) is 33.7 Å². The van der Waals surface area contributed by atoms with Crippen LogP contribution in [-0.4, -0.2) is 16.1 Å². The number of hydrogen-bond acceptors (Lipinski definition) is 2. The lowest BCUT2D eigenvalue weighted by atomic mass is 9.80. The van der Waals surface area contributed by atoms with Gasteiger partial charge in [-0.25, -0.2) is 4.79 Å². The number of carboxylic acids is 1. The molecule has 2 N–H and O–H groups in total. The third kappa shape index (κ3) is 1.43. The number of aromatic nitrogens is 1. The van der Waals surface area contributed by atoms with E-state index in [1.165, 1.54) is 12.5 Å². The molecule has 0 bridgehead atoms. The fourth-order valence-corrected chi connectivity index (χ4v) is 1.64. The molecule has 0 aliphatic heterocycles. The smallest absolute Gasteiger partial charge is 0.341 e. The summed E-state index contributed by atoms with van der Waals surface area (Å²) in [5, 5.41) is 8.74. The van der Waals surface area contributed by atoms with Crippen molar-refractivity contribution < 1.29 is 9.90 Å². The van der Waals surface area contributed by atoms with Gasteiger partial charge < -0.3 is 10.1 Å². The van der Waals surface area contributed by atoms with Gasteiger partial charge in [0.05, 0.1) is 0 Å². The van der Waals surface area contributed by atoms with E-state index in [-0.39, 0.29) is 5.56 Å². The van der Waals surface area contributed by atoms with Crippen LogP contribution in [0.1, 0.15) is 41.1 Å². The Morgan fingerprint density at radius 2 is 2.21 bits per heavy atom. The van der Waals surface area contributed by atoms with Crippen LogP contribution >= 0.6 is 0 Å². The van der Waals surface area contributed by atoms with Crippen LogP contribution in [0, 0.1) is 0 Å². The Balaban J connectivity index is 2.40. The average Bonchev–Trinajstić information content (AvgIpc) is 2.04. The van der Waals surface area contributed by atoms with Crippen LogP contribution in [0.4, 0.5) is 0 Å². The Kier molecular flexibility index (Phi) is 2.11. The van der Waals surface area contributed by atoms with Gasteiger partial charge in [-0.2, -0.15) is 0 Å². The first kappa shape index (κ1) is 8.99. The topological polar surface area (TPSA) is 70.2 Å². The van der Waals surface area contributed by atoms with Crippen molar-refractivity contribution in [3.63, 3.8) is 0 Å². The third-order valence-corrected chi connectivity index (χ3v) is 2.73. The minimum atomic E-state index is -1.16. The standard InChI is InChI=1S/C10H11NO3/c12-9-8(10(13)14)4-7(5-11-9)6-2-1-3-6/h4-6H,1-3H2,(H,11,12)(H,13,14). The quantitative estimate of drug-likeness (QED) is 0.744. The van der Waals surface area contributed by atoms with Gasteiger partial charge in [-0.15, -0.1) is 0 Å². The summed E-state index contributed by atoms with van der Waals surface area (Å²) in [4.78, 5) is 24.3. The highest BCUT2D eigenvalue weighted by molar-refractivity contribution is 5.87. The molecule has 0 atom stereocenters. The number of aromatic amines is 1. The second kappa shape index (κ2) is 3.29. The summed E-state index contributed by atoms with van der Waals surface area (Å²) in [6.07, 6.45) is 4.99. The fourth-order valence-electron chi connectivity index (χ4n) is 1.64. The predicted molar refractivity (Wildman–Crippen MR) is 50.6 cm³/mol. The van der Waals surface area contributed by atoms with Crippen molar-refractivity contribution in [3.8, 4) is 0 Å². The molecule has 0 amide bonds. The molecule has 0 saturated heterocycles. The van der Waals surface area contributed by atoms with Crippen molar-refractivity contribution in [1.29, 1.82) is 0 Å². The van der Waals surface area contributed by atoms with Crippen molar-refractivity contribution in [2.75, 3.05) is 0 Å².